The van der Waals surface area contributed by atoms with Crippen LogP contribution in [0.2, 0.25) is 0 Å². The number of rotatable bonds is 4. The number of benzene rings is 2. The molecule has 0 fully saturated rings. The van der Waals surface area contributed by atoms with Crippen molar-refractivity contribution in [1.82, 2.24) is 4.90 Å². The Kier molecular flexibility index (Phi) is 18.9. The zero-order chi connectivity index (χ0) is 14.1. The molecule has 2 aromatic carbocycles. The molecule has 4 heteroatoms. The molecule has 0 aliphatic rings. The van der Waals surface area contributed by atoms with E-state index in [4.69, 9.17) is 0 Å². The quantitative estimate of drug-likeness (QED) is 0.275. The summed E-state index contributed by atoms with van der Waals surface area (Å²) in [4.78, 5) is 6.60. The molecule has 0 radical (unpaired) electrons. The predicted molar refractivity (Wildman–Crippen MR) is 108 cm³/mol. The molecule has 0 amide bonds. The zero-order valence-corrected chi connectivity index (χ0v) is 18.6. The fraction of sp³-hybridized carbons (Fsp3) is 0.222. The second kappa shape index (κ2) is 15.6. The first-order valence-corrected chi connectivity index (χ1v) is 12.5. The SMILES string of the molecule is CN(C)CCN=Cc1cccc2ccccc12.[CH3-].[CH3-].[CH3-].[I][Pt]. The van der Waals surface area contributed by atoms with Crippen LogP contribution in [0.15, 0.2) is 47.5 Å². The molecule has 0 atom stereocenters. The number of nitrogens with zero attached hydrogens (tertiary/aromatic N) is 2. The van der Waals surface area contributed by atoms with Gasteiger partial charge in [0.25, 0.3) is 0 Å². The van der Waals surface area contributed by atoms with Crippen LogP contribution in [0.25, 0.3) is 10.8 Å². The Balaban J connectivity index is -0.000000693. The third-order valence-corrected chi connectivity index (χ3v) is 2.73. The molecule has 0 bridgehead atoms. The molecule has 0 unspecified atom stereocenters. The molecule has 22 heavy (non-hydrogen) atoms. The minimum atomic E-state index is 0. The van der Waals surface area contributed by atoms with E-state index in [2.05, 4.69) is 102 Å². The molecular weight excluding hydrogens is 566 g/mol. The molecule has 2 aromatic rings. The summed E-state index contributed by atoms with van der Waals surface area (Å²) >= 11 is 4.23. The molecule has 0 saturated heterocycles. The van der Waals surface area contributed by atoms with Crippen molar-refractivity contribution in [3.63, 3.8) is 0 Å². The van der Waals surface area contributed by atoms with Crippen LogP contribution in [0.5, 0.6) is 0 Å². The van der Waals surface area contributed by atoms with E-state index in [0.717, 1.165) is 13.1 Å². The van der Waals surface area contributed by atoms with Crippen molar-refractivity contribution in [3.05, 3.63) is 70.3 Å². The number of aliphatic imine (C=N–C) groups is 1. The Hall–Kier alpha value is -0.252. The van der Waals surface area contributed by atoms with Crippen molar-refractivity contribution in [2.24, 2.45) is 4.99 Å². The molecule has 0 aromatic heterocycles. The van der Waals surface area contributed by atoms with Gasteiger partial charge in [0.05, 0.1) is 6.54 Å². The summed E-state index contributed by atoms with van der Waals surface area (Å²) in [6, 6.07) is 14.7. The van der Waals surface area contributed by atoms with Gasteiger partial charge in [-0.25, -0.2) is 0 Å². The Morgan fingerprint density at radius 2 is 1.59 bits per heavy atom. The molecule has 129 valence electrons. The van der Waals surface area contributed by atoms with Gasteiger partial charge in [0.1, 0.15) is 0 Å². The number of likely N-dealkylation sites (N-methyl/N-ethyl adjacent to an activating group) is 1. The Morgan fingerprint density at radius 1 is 1.00 bits per heavy atom. The normalized spacial score (nSPS) is 9.36. The van der Waals surface area contributed by atoms with Crippen LogP contribution in [0.4, 0.5) is 0 Å². The molecule has 2 nitrogen and oxygen atoms in total. The molecule has 0 N–H and O–H groups in total. The first-order chi connectivity index (χ1) is 9.27. The van der Waals surface area contributed by atoms with Gasteiger partial charge < -0.3 is 27.2 Å². The molecule has 0 aliphatic heterocycles. The summed E-state index contributed by atoms with van der Waals surface area (Å²) in [7, 11) is 4.13. The van der Waals surface area contributed by atoms with Crippen molar-refractivity contribution < 1.29 is 16.1 Å². The van der Waals surface area contributed by atoms with Crippen LogP contribution < -0.4 is 0 Å². The second-order valence-corrected chi connectivity index (χ2v) is 4.41. The number of hydrogen-bond donors (Lipinski definition) is 0. The van der Waals surface area contributed by atoms with Crippen molar-refractivity contribution in [2.75, 3.05) is 27.2 Å². The van der Waals surface area contributed by atoms with Gasteiger partial charge in [-0.05, 0) is 24.9 Å². The Labute approximate surface area is 159 Å². The summed E-state index contributed by atoms with van der Waals surface area (Å²) in [5, 5.41) is 2.53. The summed E-state index contributed by atoms with van der Waals surface area (Å²) in [6.45, 7) is 1.83. The molecule has 0 saturated carbocycles. The fourth-order valence-electron chi connectivity index (χ4n) is 1.78. The van der Waals surface area contributed by atoms with Gasteiger partial charge in [0.2, 0.25) is 0 Å². The third-order valence-electron chi connectivity index (χ3n) is 2.73. The van der Waals surface area contributed by atoms with Gasteiger partial charge in [-0.2, -0.15) is 0 Å². The average molecular weight is 593 g/mol. The monoisotopic (exact) mass is 593 g/mol. The van der Waals surface area contributed by atoms with Crippen molar-refractivity contribution in [2.45, 2.75) is 0 Å². The molecule has 0 heterocycles. The van der Waals surface area contributed by atoms with Gasteiger partial charge in [-0.15, -0.1) is 0 Å². The summed E-state index contributed by atoms with van der Waals surface area (Å²) in [5.74, 6) is 0. The maximum absolute atomic E-state index is 4.47. The van der Waals surface area contributed by atoms with E-state index < -0.39 is 0 Å². The standard InChI is InChI=1S/C15H18N2.3CH3.HI.Pt/c1-17(2)11-10-16-12-14-8-5-7-13-6-3-4-9-15(13)14;;;;;/h3-9,12H,10-11H2,1-2H3;3*1H3;1H;/q;3*-1;;+1/p-1. The molecular formula is C18H27IN2Pt-3. The van der Waals surface area contributed by atoms with Crippen molar-refractivity contribution in [3.8, 4) is 0 Å². The molecule has 0 spiro atoms. The van der Waals surface area contributed by atoms with E-state index in [9.17, 15) is 0 Å². The van der Waals surface area contributed by atoms with E-state index >= 15 is 0 Å². The van der Waals surface area contributed by atoms with Crippen LogP contribution in [0, 0.1) is 22.3 Å². The van der Waals surface area contributed by atoms with Gasteiger partial charge in [-0.3, -0.25) is 4.99 Å². The fourth-order valence-corrected chi connectivity index (χ4v) is 1.78. The summed E-state index contributed by atoms with van der Waals surface area (Å²) in [5.41, 5.74) is 1.20. The zero-order valence-electron chi connectivity index (χ0n) is 14.1. The average Bonchev–Trinajstić information content (AvgIpc) is 2.45. The Morgan fingerprint density at radius 3 is 2.23 bits per heavy atom. The van der Waals surface area contributed by atoms with Crippen LogP contribution in [0.1, 0.15) is 5.56 Å². The van der Waals surface area contributed by atoms with E-state index in [-0.39, 0.29) is 22.3 Å². The predicted octanol–water partition coefficient (Wildman–Crippen LogP) is 5.05. The first kappa shape index (κ1) is 26.6. The van der Waals surface area contributed by atoms with Crippen LogP contribution in [-0.2, 0) is 16.1 Å². The summed E-state index contributed by atoms with van der Waals surface area (Å²) in [6.07, 6.45) is 1.98. The number of halogens is 1. The third kappa shape index (κ3) is 9.02. The number of hydrogen-bond acceptors (Lipinski definition) is 2. The van der Waals surface area contributed by atoms with Crippen LogP contribution in [-0.4, -0.2) is 38.3 Å². The van der Waals surface area contributed by atoms with E-state index in [1.165, 1.54) is 16.3 Å². The van der Waals surface area contributed by atoms with Gasteiger partial charge in [-0.1, -0.05) is 42.5 Å². The van der Waals surface area contributed by atoms with Gasteiger partial charge >= 0.3 is 35.5 Å². The van der Waals surface area contributed by atoms with Crippen molar-refractivity contribution >= 4 is 36.3 Å². The minimum absolute atomic E-state index is 0. The second-order valence-electron chi connectivity index (χ2n) is 4.41. The van der Waals surface area contributed by atoms with E-state index in [0.29, 0.717) is 0 Å². The molecule has 0 aliphatic carbocycles. The van der Waals surface area contributed by atoms with E-state index in [1.807, 2.05) is 6.21 Å². The topological polar surface area (TPSA) is 15.6 Å². The first-order valence-electron chi connectivity index (χ1n) is 6.01. The van der Waals surface area contributed by atoms with Crippen LogP contribution in [0.3, 0.4) is 0 Å². The van der Waals surface area contributed by atoms with Gasteiger partial charge in [0.15, 0.2) is 0 Å². The van der Waals surface area contributed by atoms with Gasteiger partial charge in [0, 0.05) is 18.3 Å². The van der Waals surface area contributed by atoms with Crippen molar-refractivity contribution in [1.29, 1.82) is 0 Å². The van der Waals surface area contributed by atoms with Crippen LogP contribution >= 0.6 is 19.4 Å². The molecule has 2 rings (SSSR count). The van der Waals surface area contributed by atoms with E-state index in [1.54, 1.807) is 0 Å². The number of fused-ring (bicyclic) bond motifs is 1. The maximum atomic E-state index is 4.47. The summed E-state index contributed by atoms with van der Waals surface area (Å²) < 4.78 is 0. The Bertz CT molecular complexity index is 522.